The summed E-state index contributed by atoms with van der Waals surface area (Å²) in [6.07, 6.45) is 3.96. The van der Waals surface area contributed by atoms with E-state index < -0.39 is 8.07 Å². The largest absolute Gasteiger partial charge is 0.463 e. The second-order valence-corrected chi connectivity index (χ2v) is 13.6. The minimum Gasteiger partial charge on any atom is -0.463 e. The van der Waals surface area contributed by atoms with Gasteiger partial charge >= 0.3 is 6.01 Å². The van der Waals surface area contributed by atoms with E-state index in [1.54, 1.807) is 0 Å². The molecule has 0 unspecified atom stereocenters. The van der Waals surface area contributed by atoms with Crippen LogP contribution in [0.3, 0.4) is 0 Å². The van der Waals surface area contributed by atoms with E-state index in [2.05, 4.69) is 52.5 Å². The SMILES string of the molecule is CCCCOc1nc(N)c2c(n1)c(Br)cn2COCC[Si](C)(C)C. The molecule has 0 fully saturated rings. The van der Waals surface area contributed by atoms with E-state index in [0.29, 0.717) is 25.2 Å². The van der Waals surface area contributed by atoms with Crippen molar-refractivity contribution in [3.05, 3.63) is 10.7 Å². The maximum Gasteiger partial charge on any atom is 0.319 e. The first-order chi connectivity index (χ1) is 11.3. The Balaban J connectivity index is 2.12. The molecule has 0 atom stereocenters. The van der Waals surface area contributed by atoms with Gasteiger partial charge in [0.25, 0.3) is 0 Å². The maximum absolute atomic E-state index is 6.13. The molecular formula is C16H27BrN4O2Si. The van der Waals surface area contributed by atoms with Gasteiger partial charge < -0.3 is 19.8 Å². The standard InChI is InChI=1S/C16H27BrN4O2Si/c1-5-6-7-23-16-19-13-12(17)10-21(14(13)15(18)20-16)11-22-8-9-24(2,3)4/h10H,5-9,11H2,1-4H3,(H2,18,19,20). The van der Waals surface area contributed by atoms with Crippen molar-refractivity contribution in [3.8, 4) is 6.01 Å². The predicted molar refractivity (Wildman–Crippen MR) is 104 cm³/mol. The number of ether oxygens (including phenoxy) is 2. The third-order valence-electron chi connectivity index (χ3n) is 3.63. The van der Waals surface area contributed by atoms with E-state index in [1.165, 1.54) is 0 Å². The molecule has 0 aliphatic carbocycles. The summed E-state index contributed by atoms with van der Waals surface area (Å²) in [5.74, 6) is 0.408. The van der Waals surface area contributed by atoms with Crippen LogP contribution in [0.15, 0.2) is 10.7 Å². The molecule has 2 aromatic rings. The molecule has 134 valence electrons. The van der Waals surface area contributed by atoms with Crippen molar-refractivity contribution in [1.29, 1.82) is 0 Å². The van der Waals surface area contributed by atoms with Crippen LogP contribution in [0.5, 0.6) is 6.01 Å². The molecule has 0 aromatic carbocycles. The van der Waals surface area contributed by atoms with Crippen molar-refractivity contribution in [1.82, 2.24) is 14.5 Å². The summed E-state index contributed by atoms with van der Waals surface area (Å²) in [4.78, 5) is 8.73. The molecule has 0 bridgehead atoms. The monoisotopic (exact) mass is 414 g/mol. The van der Waals surface area contributed by atoms with Gasteiger partial charge in [0.15, 0.2) is 5.82 Å². The van der Waals surface area contributed by atoms with Crippen LogP contribution < -0.4 is 10.5 Å². The molecule has 0 amide bonds. The van der Waals surface area contributed by atoms with Gasteiger partial charge in [-0.15, -0.1) is 0 Å². The summed E-state index contributed by atoms with van der Waals surface area (Å²) in [7, 11) is -1.09. The summed E-state index contributed by atoms with van der Waals surface area (Å²) < 4.78 is 14.2. The van der Waals surface area contributed by atoms with Crippen molar-refractivity contribution in [2.75, 3.05) is 18.9 Å². The summed E-state index contributed by atoms with van der Waals surface area (Å²) in [5, 5.41) is 0. The molecule has 0 saturated heterocycles. The number of aromatic nitrogens is 3. The highest BCUT2D eigenvalue weighted by molar-refractivity contribution is 9.10. The van der Waals surface area contributed by atoms with Gasteiger partial charge in [-0.25, -0.2) is 0 Å². The molecule has 0 spiro atoms. The zero-order valence-corrected chi connectivity index (χ0v) is 17.5. The Bertz CT molecular complexity index is 685. The van der Waals surface area contributed by atoms with Crippen LogP contribution in [0, 0.1) is 0 Å². The second-order valence-electron chi connectivity index (χ2n) is 7.09. The molecule has 2 N–H and O–H groups in total. The summed E-state index contributed by atoms with van der Waals surface area (Å²) in [5.41, 5.74) is 7.66. The molecule has 24 heavy (non-hydrogen) atoms. The fourth-order valence-corrected chi connectivity index (χ4v) is 3.46. The highest BCUT2D eigenvalue weighted by Gasteiger charge is 2.16. The maximum atomic E-state index is 6.13. The van der Waals surface area contributed by atoms with Crippen molar-refractivity contribution in [2.45, 2.75) is 52.2 Å². The van der Waals surface area contributed by atoms with E-state index in [4.69, 9.17) is 15.2 Å². The van der Waals surface area contributed by atoms with E-state index >= 15 is 0 Å². The Morgan fingerprint density at radius 1 is 1.25 bits per heavy atom. The van der Waals surface area contributed by atoms with Crippen LogP contribution >= 0.6 is 15.9 Å². The zero-order chi connectivity index (χ0) is 17.7. The number of halogens is 1. The summed E-state index contributed by atoms with van der Waals surface area (Å²) >= 11 is 3.54. The third kappa shape index (κ3) is 5.19. The normalized spacial score (nSPS) is 12.0. The predicted octanol–water partition coefficient (Wildman–Crippen LogP) is 4.27. The van der Waals surface area contributed by atoms with Crippen LogP contribution in [0.4, 0.5) is 5.82 Å². The minimum atomic E-state index is -1.09. The fraction of sp³-hybridized carbons (Fsp3) is 0.625. The topological polar surface area (TPSA) is 75.2 Å². The van der Waals surface area contributed by atoms with Crippen LogP contribution in [0.1, 0.15) is 19.8 Å². The number of nitrogens with two attached hydrogens (primary N) is 1. The van der Waals surface area contributed by atoms with Gasteiger partial charge in [0, 0.05) is 20.9 Å². The molecule has 0 aliphatic rings. The number of unbranched alkanes of at least 4 members (excludes halogenated alkanes) is 1. The molecule has 0 radical (unpaired) electrons. The Morgan fingerprint density at radius 3 is 2.67 bits per heavy atom. The number of fused-ring (bicyclic) bond motifs is 1. The van der Waals surface area contributed by atoms with Gasteiger partial charge in [0.1, 0.15) is 17.8 Å². The number of hydrogen-bond donors (Lipinski definition) is 1. The highest BCUT2D eigenvalue weighted by Crippen LogP contribution is 2.29. The summed E-state index contributed by atoms with van der Waals surface area (Å²) in [6, 6.07) is 1.46. The smallest absolute Gasteiger partial charge is 0.319 e. The molecule has 6 nitrogen and oxygen atoms in total. The van der Waals surface area contributed by atoms with E-state index in [0.717, 1.165) is 41.0 Å². The van der Waals surface area contributed by atoms with Gasteiger partial charge in [0.2, 0.25) is 0 Å². The lowest BCUT2D eigenvalue weighted by Gasteiger charge is -2.16. The van der Waals surface area contributed by atoms with E-state index in [1.807, 2.05) is 10.8 Å². The van der Waals surface area contributed by atoms with Gasteiger partial charge in [0.05, 0.1) is 11.1 Å². The average Bonchev–Trinajstić information content (AvgIpc) is 2.80. The van der Waals surface area contributed by atoms with E-state index in [-0.39, 0.29) is 0 Å². The quantitative estimate of drug-likeness (QED) is 0.489. The second kappa shape index (κ2) is 8.31. The lowest BCUT2D eigenvalue weighted by Crippen LogP contribution is -2.22. The first-order valence-electron chi connectivity index (χ1n) is 8.34. The van der Waals surface area contributed by atoms with Crippen molar-refractivity contribution < 1.29 is 9.47 Å². The Hall–Kier alpha value is -1.12. The average molecular weight is 415 g/mol. The Kier molecular flexibility index (Phi) is 6.65. The van der Waals surface area contributed by atoms with Crippen molar-refractivity contribution in [3.63, 3.8) is 0 Å². The number of nitrogen functional groups attached to an aromatic ring is 1. The van der Waals surface area contributed by atoms with Crippen molar-refractivity contribution >= 4 is 40.9 Å². The fourth-order valence-electron chi connectivity index (χ4n) is 2.18. The van der Waals surface area contributed by atoms with Gasteiger partial charge in [-0.1, -0.05) is 33.0 Å². The number of nitrogens with zero attached hydrogens (tertiary/aromatic N) is 3. The third-order valence-corrected chi connectivity index (χ3v) is 5.91. The number of hydrogen-bond acceptors (Lipinski definition) is 5. The number of rotatable bonds is 9. The first kappa shape index (κ1) is 19.2. The molecule has 2 rings (SSSR count). The number of anilines is 1. The highest BCUT2D eigenvalue weighted by atomic mass is 79.9. The Labute approximate surface area is 152 Å². The van der Waals surface area contributed by atoms with Gasteiger partial charge in [-0.2, -0.15) is 9.97 Å². The van der Waals surface area contributed by atoms with Gasteiger partial charge in [-0.05, 0) is 28.4 Å². The van der Waals surface area contributed by atoms with Crippen LogP contribution in [-0.2, 0) is 11.5 Å². The lowest BCUT2D eigenvalue weighted by atomic mass is 10.4. The summed E-state index contributed by atoms with van der Waals surface area (Å²) in [6.45, 7) is 10.9. The molecule has 2 aromatic heterocycles. The van der Waals surface area contributed by atoms with Crippen LogP contribution in [-0.4, -0.2) is 35.8 Å². The molecule has 0 saturated carbocycles. The zero-order valence-electron chi connectivity index (χ0n) is 14.9. The lowest BCUT2D eigenvalue weighted by molar-refractivity contribution is 0.0902. The molecule has 2 heterocycles. The minimum absolute atomic E-state index is 0.326. The first-order valence-corrected chi connectivity index (χ1v) is 12.8. The van der Waals surface area contributed by atoms with Crippen LogP contribution in [0.2, 0.25) is 25.7 Å². The van der Waals surface area contributed by atoms with Gasteiger partial charge in [-0.3, -0.25) is 0 Å². The van der Waals surface area contributed by atoms with E-state index in [9.17, 15) is 0 Å². The molecule has 0 aliphatic heterocycles. The molecular weight excluding hydrogens is 388 g/mol. The van der Waals surface area contributed by atoms with Crippen LogP contribution in [0.25, 0.3) is 11.0 Å². The molecule has 8 heteroatoms. The van der Waals surface area contributed by atoms with Crippen molar-refractivity contribution in [2.24, 2.45) is 0 Å². The Morgan fingerprint density at radius 2 is 2.00 bits per heavy atom.